The van der Waals surface area contributed by atoms with Gasteiger partial charge in [0.1, 0.15) is 0 Å². The van der Waals surface area contributed by atoms with Crippen molar-refractivity contribution in [3.8, 4) is 0 Å². The molecule has 19 heavy (non-hydrogen) atoms. The molecule has 0 amide bonds. The van der Waals surface area contributed by atoms with Gasteiger partial charge < -0.3 is 0 Å². The lowest BCUT2D eigenvalue weighted by molar-refractivity contribution is 0.408. The third kappa shape index (κ3) is 1.75. The minimum atomic E-state index is -1.79. The summed E-state index contributed by atoms with van der Waals surface area (Å²) in [5.74, 6) is -6.37. The standard InChI is InChI=1S/C15H7F4/c16-12-7-11(13(17)15(19)14(12)18)10-6-5-8-3-1-2-4-9(8)10/h1-7H. The second-order valence-corrected chi connectivity index (χ2v) is 4.18. The molecule has 0 atom stereocenters. The summed E-state index contributed by atoms with van der Waals surface area (Å²) in [5.41, 5.74) is 1.54. The molecular weight excluding hydrogens is 256 g/mol. The van der Waals surface area contributed by atoms with E-state index < -0.39 is 23.3 Å². The summed E-state index contributed by atoms with van der Waals surface area (Å²) in [6, 6.07) is 7.72. The zero-order chi connectivity index (χ0) is 13.6. The van der Waals surface area contributed by atoms with E-state index in [4.69, 9.17) is 0 Å². The molecule has 0 unspecified atom stereocenters. The highest BCUT2D eigenvalue weighted by atomic mass is 19.2. The van der Waals surface area contributed by atoms with Gasteiger partial charge in [-0.2, -0.15) is 0 Å². The van der Waals surface area contributed by atoms with Crippen LogP contribution in [0.2, 0.25) is 0 Å². The average molecular weight is 263 g/mol. The van der Waals surface area contributed by atoms with Crippen molar-refractivity contribution in [3.05, 3.63) is 82.8 Å². The van der Waals surface area contributed by atoms with Crippen LogP contribution < -0.4 is 0 Å². The molecule has 4 heteroatoms. The van der Waals surface area contributed by atoms with Gasteiger partial charge in [-0.25, -0.2) is 17.6 Å². The predicted molar refractivity (Wildman–Crippen MR) is 63.2 cm³/mol. The van der Waals surface area contributed by atoms with Crippen molar-refractivity contribution in [2.75, 3.05) is 0 Å². The number of hydrogen-bond acceptors (Lipinski definition) is 0. The van der Waals surface area contributed by atoms with E-state index in [0.717, 1.165) is 5.56 Å². The molecule has 0 N–H and O–H groups in total. The Bertz CT molecular complexity index is 702. The minimum Gasteiger partial charge on any atom is -0.204 e. The molecule has 0 heterocycles. The van der Waals surface area contributed by atoms with Gasteiger partial charge in [0, 0.05) is 12.0 Å². The van der Waals surface area contributed by atoms with E-state index in [1.165, 1.54) is 0 Å². The maximum absolute atomic E-state index is 13.8. The Hall–Kier alpha value is -2.10. The summed E-state index contributed by atoms with van der Waals surface area (Å²) in [6.45, 7) is 0. The molecule has 0 aliphatic heterocycles. The van der Waals surface area contributed by atoms with Gasteiger partial charge in [-0.3, -0.25) is 0 Å². The van der Waals surface area contributed by atoms with Crippen LogP contribution in [0, 0.1) is 29.7 Å². The van der Waals surface area contributed by atoms with E-state index in [1.807, 2.05) is 0 Å². The SMILES string of the molecule is Fc1cc(C2=C[CH]c3ccccc32)c(F)c(F)c1F. The molecule has 1 aliphatic carbocycles. The van der Waals surface area contributed by atoms with Crippen LogP contribution in [-0.2, 0) is 0 Å². The van der Waals surface area contributed by atoms with Crippen LogP contribution >= 0.6 is 0 Å². The fourth-order valence-corrected chi connectivity index (χ4v) is 2.15. The van der Waals surface area contributed by atoms with E-state index in [9.17, 15) is 17.6 Å². The third-order valence-corrected chi connectivity index (χ3v) is 3.07. The molecule has 0 bridgehead atoms. The molecule has 0 nitrogen and oxygen atoms in total. The number of fused-ring (bicyclic) bond motifs is 1. The first-order valence-electron chi connectivity index (χ1n) is 5.57. The van der Waals surface area contributed by atoms with Crippen molar-refractivity contribution in [1.29, 1.82) is 0 Å². The molecule has 2 aromatic rings. The Kier molecular flexibility index (Phi) is 2.66. The van der Waals surface area contributed by atoms with Crippen molar-refractivity contribution in [3.63, 3.8) is 0 Å². The smallest absolute Gasteiger partial charge is 0.198 e. The summed E-state index contributed by atoms with van der Waals surface area (Å²) in [6.07, 6.45) is 3.27. The first-order valence-corrected chi connectivity index (χ1v) is 5.57. The van der Waals surface area contributed by atoms with Crippen molar-refractivity contribution in [2.24, 2.45) is 0 Å². The fourth-order valence-electron chi connectivity index (χ4n) is 2.15. The van der Waals surface area contributed by atoms with Crippen LogP contribution in [0.3, 0.4) is 0 Å². The van der Waals surface area contributed by atoms with Crippen molar-refractivity contribution >= 4 is 5.57 Å². The third-order valence-electron chi connectivity index (χ3n) is 3.07. The van der Waals surface area contributed by atoms with Crippen LogP contribution in [0.4, 0.5) is 17.6 Å². The second kappa shape index (κ2) is 4.23. The maximum atomic E-state index is 13.8. The highest BCUT2D eigenvalue weighted by Gasteiger charge is 2.24. The first-order chi connectivity index (χ1) is 9.09. The Morgan fingerprint density at radius 3 is 2.26 bits per heavy atom. The molecular formula is C15H7F4. The maximum Gasteiger partial charge on any atom is 0.198 e. The lowest BCUT2D eigenvalue weighted by atomic mass is 9.98. The van der Waals surface area contributed by atoms with Gasteiger partial charge in [-0.1, -0.05) is 30.3 Å². The van der Waals surface area contributed by atoms with Crippen molar-refractivity contribution in [2.45, 2.75) is 0 Å². The molecule has 1 radical (unpaired) electrons. The van der Waals surface area contributed by atoms with E-state index in [2.05, 4.69) is 0 Å². The molecule has 95 valence electrons. The van der Waals surface area contributed by atoms with Gasteiger partial charge in [0.15, 0.2) is 23.3 Å². The van der Waals surface area contributed by atoms with E-state index in [0.29, 0.717) is 17.2 Å². The minimum absolute atomic E-state index is 0.280. The Balaban J connectivity index is 2.21. The normalized spacial score (nSPS) is 13.4. The molecule has 2 aromatic carbocycles. The molecule has 1 aliphatic rings. The van der Waals surface area contributed by atoms with Gasteiger partial charge in [-0.05, 0) is 22.8 Å². The van der Waals surface area contributed by atoms with Gasteiger partial charge >= 0.3 is 0 Å². The quantitative estimate of drug-likeness (QED) is 0.410. The van der Waals surface area contributed by atoms with Crippen molar-refractivity contribution < 1.29 is 17.6 Å². The lowest BCUT2D eigenvalue weighted by Gasteiger charge is -2.09. The number of halogens is 4. The number of benzene rings is 2. The largest absolute Gasteiger partial charge is 0.204 e. The predicted octanol–water partition coefficient (Wildman–Crippen LogP) is 4.24. The van der Waals surface area contributed by atoms with Crippen LogP contribution in [-0.4, -0.2) is 0 Å². The molecule has 0 saturated carbocycles. The monoisotopic (exact) mass is 263 g/mol. The van der Waals surface area contributed by atoms with E-state index >= 15 is 0 Å². The van der Waals surface area contributed by atoms with E-state index in [1.54, 1.807) is 36.8 Å². The zero-order valence-corrected chi connectivity index (χ0v) is 9.55. The van der Waals surface area contributed by atoms with Crippen LogP contribution in [0.1, 0.15) is 16.7 Å². The summed E-state index contributed by atoms with van der Waals surface area (Å²) in [7, 11) is 0. The lowest BCUT2D eigenvalue weighted by Crippen LogP contribution is -2.01. The Labute approximate surface area is 107 Å². The highest BCUT2D eigenvalue weighted by molar-refractivity contribution is 5.87. The summed E-state index contributed by atoms with van der Waals surface area (Å²) in [4.78, 5) is 0. The summed E-state index contributed by atoms with van der Waals surface area (Å²) < 4.78 is 53.2. The number of rotatable bonds is 1. The van der Waals surface area contributed by atoms with Crippen LogP contribution in [0.25, 0.3) is 5.57 Å². The van der Waals surface area contributed by atoms with Gasteiger partial charge in [-0.15, -0.1) is 0 Å². The molecule has 0 aromatic heterocycles. The highest BCUT2D eigenvalue weighted by Crippen LogP contribution is 2.36. The molecule has 0 spiro atoms. The zero-order valence-electron chi connectivity index (χ0n) is 9.55. The van der Waals surface area contributed by atoms with Crippen LogP contribution in [0.15, 0.2) is 36.4 Å². The first kappa shape index (κ1) is 12.0. The Morgan fingerprint density at radius 2 is 1.47 bits per heavy atom. The summed E-state index contributed by atoms with van der Waals surface area (Å²) in [5, 5.41) is 0. The Morgan fingerprint density at radius 1 is 0.737 bits per heavy atom. The fraction of sp³-hybridized carbons (Fsp3) is 0. The topological polar surface area (TPSA) is 0 Å². The summed E-state index contributed by atoms with van der Waals surface area (Å²) >= 11 is 0. The van der Waals surface area contributed by atoms with Gasteiger partial charge in [0.05, 0.1) is 0 Å². The van der Waals surface area contributed by atoms with Crippen LogP contribution in [0.5, 0.6) is 0 Å². The molecule has 0 saturated heterocycles. The molecule has 0 fully saturated rings. The van der Waals surface area contributed by atoms with Crippen molar-refractivity contribution in [1.82, 2.24) is 0 Å². The second-order valence-electron chi connectivity index (χ2n) is 4.18. The van der Waals surface area contributed by atoms with Gasteiger partial charge in [0.25, 0.3) is 0 Å². The van der Waals surface area contributed by atoms with E-state index in [-0.39, 0.29) is 5.56 Å². The average Bonchev–Trinajstić information content (AvgIpc) is 2.84. The van der Waals surface area contributed by atoms with Gasteiger partial charge in [0.2, 0.25) is 0 Å². The number of hydrogen-bond donors (Lipinski definition) is 0. The number of allylic oxidation sites excluding steroid dienone is 1. The molecule has 3 rings (SSSR count).